The lowest BCUT2D eigenvalue weighted by molar-refractivity contribution is 0.297. The molecule has 0 unspecified atom stereocenters. The van der Waals surface area contributed by atoms with Crippen molar-refractivity contribution in [3.63, 3.8) is 0 Å². The average Bonchev–Trinajstić information content (AvgIpc) is 3.38. The fourth-order valence-corrected chi connectivity index (χ4v) is 1.98. The molecule has 0 saturated heterocycles. The molecule has 0 spiro atoms. The molecule has 112 valence electrons. The van der Waals surface area contributed by atoms with E-state index >= 15 is 0 Å². The number of ether oxygens (including phenoxy) is 2. The number of nitrogens with zero attached hydrogens (tertiary/aromatic N) is 2. The summed E-state index contributed by atoms with van der Waals surface area (Å²) in [5.41, 5.74) is 1.44. The fourth-order valence-electron chi connectivity index (χ4n) is 1.98. The molecule has 1 aliphatic carbocycles. The minimum Gasteiger partial charge on any atom is -0.492 e. The first-order valence-electron chi connectivity index (χ1n) is 7.27. The quantitative estimate of drug-likeness (QED) is 0.882. The Labute approximate surface area is 129 Å². The predicted octanol–water partition coefficient (Wildman–Crippen LogP) is 3.58. The summed E-state index contributed by atoms with van der Waals surface area (Å²) in [6, 6.07) is 11.0. The molecule has 1 aromatic carbocycles. The van der Waals surface area contributed by atoms with Crippen LogP contribution < -0.4 is 14.8 Å². The molecule has 0 aliphatic heterocycles. The first-order chi connectivity index (χ1) is 10.8. The van der Waals surface area contributed by atoms with Crippen LogP contribution in [0.4, 0.5) is 5.69 Å². The highest BCUT2D eigenvalue weighted by molar-refractivity contribution is 5.48. The molecule has 2 aromatic rings. The van der Waals surface area contributed by atoms with E-state index in [1.165, 1.54) is 12.8 Å². The smallest absolute Gasteiger partial charge is 0.219 e. The van der Waals surface area contributed by atoms with Gasteiger partial charge in [0.25, 0.3) is 0 Å². The SMILES string of the molecule is CNc1ccc(Oc2ccc(C#N)c(OCC3CC3)c2)nc1. The van der Waals surface area contributed by atoms with Crippen LogP contribution in [0.15, 0.2) is 36.5 Å². The van der Waals surface area contributed by atoms with Crippen molar-refractivity contribution in [2.75, 3.05) is 19.0 Å². The number of rotatable bonds is 6. The van der Waals surface area contributed by atoms with Crippen molar-refractivity contribution < 1.29 is 9.47 Å². The third kappa shape index (κ3) is 3.47. The van der Waals surface area contributed by atoms with E-state index in [-0.39, 0.29) is 0 Å². The number of benzene rings is 1. The van der Waals surface area contributed by atoms with Crippen molar-refractivity contribution in [3.8, 4) is 23.4 Å². The van der Waals surface area contributed by atoms with E-state index < -0.39 is 0 Å². The summed E-state index contributed by atoms with van der Waals surface area (Å²) < 4.78 is 11.4. The fraction of sp³-hybridized carbons (Fsp3) is 0.294. The number of hydrogen-bond donors (Lipinski definition) is 1. The number of anilines is 1. The van der Waals surface area contributed by atoms with Gasteiger partial charge in [-0.05, 0) is 37.0 Å². The van der Waals surface area contributed by atoms with Crippen LogP contribution in [0, 0.1) is 17.2 Å². The summed E-state index contributed by atoms with van der Waals surface area (Å²) >= 11 is 0. The van der Waals surface area contributed by atoms with Gasteiger partial charge in [0.15, 0.2) is 0 Å². The lowest BCUT2D eigenvalue weighted by Crippen LogP contribution is -2.01. The van der Waals surface area contributed by atoms with Crippen molar-refractivity contribution in [2.24, 2.45) is 5.92 Å². The average molecular weight is 295 g/mol. The minimum absolute atomic E-state index is 0.497. The number of nitriles is 1. The Morgan fingerprint density at radius 2 is 2.18 bits per heavy atom. The maximum Gasteiger partial charge on any atom is 0.219 e. The van der Waals surface area contributed by atoms with Crippen molar-refractivity contribution in [2.45, 2.75) is 12.8 Å². The van der Waals surface area contributed by atoms with Gasteiger partial charge in [0.1, 0.15) is 17.6 Å². The molecule has 1 heterocycles. The van der Waals surface area contributed by atoms with Gasteiger partial charge in [0, 0.05) is 19.2 Å². The largest absolute Gasteiger partial charge is 0.492 e. The summed E-state index contributed by atoms with van der Waals surface area (Å²) in [6.45, 7) is 0.660. The Balaban J connectivity index is 1.74. The topological polar surface area (TPSA) is 67.2 Å². The summed E-state index contributed by atoms with van der Waals surface area (Å²) in [6.07, 6.45) is 4.11. The Kier molecular flexibility index (Phi) is 4.10. The Bertz CT molecular complexity index is 688. The van der Waals surface area contributed by atoms with Crippen LogP contribution >= 0.6 is 0 Å². The van der Waals surface area contributed by atoms with Crippen LogP contribution in [-0.4, -0.2) is 18.6 Å². The zero-order chi connectivity index (χ0) is 15.4. The maximum absolute atomic E-state index is 9.15. The molecule has 1 saturated carbocycles. The predicted molar refractivity (Wildman–Crippen MR) is 83.2 cm³/mol. The molecule has 0 radical (unpaired) electrons. The van der Waals surface area contributed by atoms with Crippen molar-refractivity contribution in [3.05, 3.63) is 42.1 Å². The molecule has 22 heavy (non-hydrogen) atoms. The number of pyridine rings is 1. The summed E-state index contributed by atoms with van der Waals surface area (Å²) in [5.74, 6) is 2.30. The van der Waals surface area contributed by atoms with Gasteiger partial charge >= 0.3 is 0 Å². The second-order valence-electron chi connectivity index (χ2n) is 5.26. The van der Waals surface area contributed by atoms with Gasteiger partial charge in [0.05, 0.1) is 24.1 Å². The molecule has 1 fully saturated rings. The highest BCUT2D eigenvalue weighted by Gasteiger charge is 2.22. The summed E-state index contributed by atoms with van der Waals surface area (Å²) in [5, 5.41) is 12.1. The van der Waals surface area contributed by atoms with E-state index in [0.29, 0.717) is 35.5 Å². The van der Waals surface area contributed by atoms with Crippen molar-refractivity contribution in [1.29, 1.82) is 5.26 Å². The van der Waals surface area contributed by atoms with Crippen molar-refractivity contribution in [1.82, 2.24) is 4.98 Å². The summed E-state index contributed by atoms with van der Waals surface area (Å²) in [4.78, 5) is 4.21. The second-order valence-corrected chi connectivity index (χ2v) is 5.26. The molecular formula is C17H17N3O2. The monoisotopic (exact) mass is 295 g/mol. The highest BCUT2D eigenvalue weighted by Crippen LogP contribution is 2.32. The Hall–Kier alpha value is -2.74. The molecule has 0 amide bonds. The zero-order valence-corrected chi connectivity index (χ0v) is 12.4. The van der Waals surface area contributed by atoms with Crippen LogP contribution in [0.1, 0.15) is 18.4 Å². The lowest BCUT2D eigenvalue weighted by Gasteiger charge is -2.10. The normalized spacial score (nSPS) is 13.3. The summed E-state index contributed by atoms with van der Waals surface area (Å²) in [7, 11) is 1.83. The van der Waals surface area contributed by atoms with Crippen LogP contribution in [-0.2, 0) is 0 Å². The Morgan fingerprint density at radius 3 is 2.82 bits per heavy atom. The van der Waals surface area contributed by atoms with Gasteiger partial charge in [-0.15, -0.1) is 0 Å². The number of aromatic nitrogens is 1. The first kappa shape index (κ1) is 14.2. The first-order valence-corrected chi connectivity index (χ1v) is 7.27. The van der Waals surface area contributed by atoms with E-state index in [1.54, 1.807) is 30.5 Å². The Morgan fingerprint density at radius 1 is 1.32 bits per heavy atom. The minimum atomic E-state index is 0.497. The van der Waals surface area contributed by atoms with Crippen LogP contribution in [0.2, 0.25) is 0 Å². The number of hydrogen-bond acceptors (Lipinski definition) is 5. The van der Waals surface area contributed by atoms with Crippen LogP contribution in [0.3, 0.4) is 0 Å². The molecule has 5 nitrogen and oxygen atoms in total. The molecule has 1 N–H and O–H groups in total. The third-order valence-corrected chi connectivity index (χ3v) is 3.49. The third-order valence-electron chi connectivity index (χ3n) is 3.49. The van der Waals surface area contributed by atoms with Gasteiger partial charge in [-0.3, -0.25) is 0 Å². The molecule has 3 rings (SSSR count). The lowest BCUT2D eigenvalue weighted by atomic mass is 10.2. The van der Waals surface area contributed by atoms with E-state index in [9.17, 15) is 0 Å². The van der Waals surface area contributed by atoms with Crippen LogP contribution in [0.5, 0.6) is 17.4 Å². The van der Waals surface area contributed by atoms with Crippen LogP contribution in [0.25, 0.3) is 0 Å². The standard InChI is InChI=1S/C17H17N3O2/c1-19-14-5-7-17(20-10-14)22-15-6-4-13(9-18)16(8-15)21-11-12-2-3-12/h4-8,10,12,19H,2-3,11H2,1H3. The molecule has 0 bridgehead atoms. The molecule has 5 heteroatoms. The van der Waals surface area contributed by atoms with E-state index in [0.717, 1.165) is 5.69 Å². The van der Waals surface area contributed by atoms with Gasteiger partial charge in [-0.1, -0.05) is 0 Å². The van der Waals surface area contributed by atoms with Gasteiger partial charge in [0.2, 0.25) is 5.88 Å². The molecule has 0 atom stereocenters. The maximum atomic E-state index is 9.15. The molecule has 1 aliphatic rings. The highest BCUT2D eigenvalue weighted by atomic mass is 16.5. The van der Waals surface area contributed by atoms with Gasteiger partial charge < -0.3 is 14.8 Å². The van der Waals surface area contributed by atoms with E-state index in [2.05, 4.69) is 16.4 Å². The van der Waals surface area contributed by atoms with Crippen molar-refractivity contribution >= 4 is 5.69 Å². The second kappa shape index (κ2) is 6.35. The van der Waals surface area contributed by atoms with Gasteiger partial charge in [-0.2, -0.15) is 5.26 Å². The molecule has 1 aromatic heterocycles. The van der Waals surface area contributed by atoms with Gasteiger partial charge in [-0.25, -0.2) is 4.98 Å². The molecular weight excluding hydrogens is 278 g/mol. The van der Waals surface area contributed by atoms with E-state index in [4.69, 9.17) is 14.7 Å². The number of nitrogens with one attached hydrogen (secondary N) is 1. The van der Waals surface area contributed by atoms with E-state index in [1.807, 2.05) is 13.1 Å². The zero-order valence-electron chi connectivity index (χ0n) is 12.4.